The summed E-state index contributed by atoms with van der Waals surface area (Å²) >= 11 is 0. The first-order chi connectivity index (χ1) is 13.0. The molecule has 7 nitrogen and oxygen atoms in total. The number of carbonyl (C=O) groups is 2. The summed E-state index contributed by atoms with van der Waals surface area (Å²) in [4.78, 5) is 31.9. The number of hydrogen-bond acceptors (Lipinski definition) is 5. The van der Waals surface area contributed by atoms with E-state index in [4.69, 9.17) is 4.74 Å². The molecule has 2 aliphatic rings. The van der Waals surface area contributed by atoms with Gasteiger partial charge in [-0.3, -0.25) is 9.78 Å². The fourth-order valence-electron chi connectivity index (χ4n) is 4.18. The van der Waals surface area contributed by atoms with Gasteiger partial charge in [-0.15, -0.1) is 0 Å². The van der Waals surface area contributed by atoms with E-state index < -0.39 is 5.60 Å². The second-order valence-corrected chi connectivity index (χ2v) is 9.33. The predicted molar refractivity (Wildman–Crippen MR) is 108 cm³/mol. The Morgan fingerprint density at radius 2 is 1.96 bits per heavy atom. The minimum absolute atomic E-state index is 0.0543. The summed E-state index contributed by atoms with van der Waals surface area (Å²) in [6.45, 7) is 11.2. The van der Waals surface area contributed by atoms with Crippen LogP contribution in [0.3, 0.4) is 0 Å². The largest absolute Gasteiger partial charge is 0.444 e. The molecular formula is C21H32N4O3. The number of hydrogen-bond donors (Lipinski definition) is 1. The molecule has 0 unspecified atom stereocenters. The van der Waals surface area contributed by atoms with E-state index in [1.54, 1.807) is 0 Å². The normalized spacial score (nSPS) is 18.3. The molecule has 0 radical (unpaired) electrons. The van der Waals surface area contributed by atoms with Crippen molar-refractivity contribution in [2.45, 2.75) is 65.6 Å². The summed E-state index contributed by atoms with van der Waals surface area (Å²) in [5.74, 6) is -0.0543. The van der Waals surface area contributed by atoms with Gasteiger partial charge in [-0.25, -0.2) is 4.79 Å². The highest BCUT2D eigenvalue weighted by Gasteiger charge is 2.55. The molecule has 0 bridgehead atoms. The third kappa shape index (κ3) is 4.39. The van der Waals surface area contributed by atoms with Crippen molar-refractivity contribution >= 4 is 17.7 Å². The van der Waals surface area contributed by atoms with Crippen molar-refractivity contribution in [1.29, 1.82) is 0 Å². The van der Waals surface area contributed by atoms with Crippen molar-refractivity contribution in [3.8, 4) is 0 Å². The van der Waals surface area contributed by atoms with Crippen molar-refractivity contribution < 1.29 is 14.3 Å². The molecule has 154 valence electrons. The first-order valence-electron chi connectivity index (χ1n) is 9.90. The molecule has 0 atom stereocenters. The summed E-state index contributed by atoms with van der Waals surface area (Å²) in [5, 5.41) is 2.78. The lowest BCUT2D eigenvalue weighted by Crippen LogP contribution is -2.67. The van der Waals surface area contributed by atoms with Gasteiger partial charge in [-0.2, -0.15) is 0 Å². The van der Waals surface area contributed by atoms with E-state index in [0.29, 0.717) is 12.6 Å². The summed E-state index contributed by atoms with van der Waals surface area (Å²) in [7, 11) is 2.11. The van der Waals surface area contributed by atoms with Crippen LogP contribution in [0, 0.1) is 12.3 Å². The van der Waals surface area contributed by atoms with E-state index in [2.05, 4.69) is 28.3 Å². The highest BCUT2D eigenvalue weighted by atomic mass is 16.6. The van der Waals surface area contributed by atoms with E-state index in [-0.39, 0.29) is 17.4 Å². The molecule has 7 heteroatoms. The van der Waals surface area contributed by atoms with Gasteiger partial charge in [0.2, 0.25) is 5.91 Å². The van der Waals surface area contributed by atoms with Gasteiger partial charge in [0.15, 0.2) is 0 Å². The average Bonchev–Trinajstić information content (AvgIpc) is 2.48. The van der Waals surface area contributed by atoms with Crippen molar-refractivity contribution in [2.75, 3.05) is 25.0 Å². The van der Waals surface area contributed by atoms with Crippen LogP contribution in [0.5, 0.6) is 0 Å². The Kier molecular flexibility index (Phi) is 5.30. The molecule has 1 N–H and O–H groups in total. The number of nitrogens with zero attached hydrogens (tertiary/aromatic N) is 3. The molecule has 1 saturated heterocycles. The topological polar surface area (TPSA) is 74.8 Å². The molecule has 2 heterocycles. The maximum absolute atomic E-state index is 12.1. The van der Waals surface area contributed by atoms with E-state index in [9.17, 15) is 9.59 Å². The minimum atomic E-state index is -0.446. The Hall–Kier alpha value is -2.31. The molecule has 1 saturated carbocycles. The maximum Gasteiger partial charge on any atom is 0.410 e. The van der Waals surface area contributed by atoms with Crippen LogP contribution < -0.4 is 10.2 Å². The van der Waals surface area contributed by atoms with Gasteiger partial charge >= 0.3 is 6.09 Å². The van der Waals surface area contributed by atoms with Crippen molar-refractivity contribution in [3.05, 3.63) is 23.5 Å². The highest BCUT2D eigenvalue weighted by Crippen LogP contribution is 2.51. The third-order valence-corrected chi connectivity index (χ3v) is 5.60. The minimum Gasteiger partial charge on any atom is -0.444 e. The zero-order chi connectivity index (χ0) is 20.7. The number of pyridine rings is 1. The summed E-state index contributed by atoms with van der Waals surface area (Å²) in [6, 6.07) is 4.51. The van der Waals surface area contributed by atoms with Crippen molar-refractivity contribution in [1.82, 2.24) is 15.2 Å². The van der Waals surface area contributed by atoms with Crippen LogP contribution in [0.25, 0.3) is 0 Å². The van der Waals surface area contributed by atoms with Crippen LogP contribution in [0.2, 0.25) is 0 Å². The van der Waals surface area contributed by atoms with Crippen LogP contribution in [0.4, 0.5) is 10.5 Å². The molecule has 1 aliphatic heterocycles. The zero-order valence-electron chi connectivity index (χ0n) is 17.8. The number of ether oxygens (including phenoxy) is 1. The van der Waals surface area contributed by atoms with Crippen LogP contribution >= 0.6 is 0 Å². The van der Waals surface area contributed by atoms with Gasteiger partial charge < -0.3 is 19.9 Å². The summed E-state index contributed by atoms with van der Waals surface area (Å²) in [5.41, 5.74) is 2.76. The van der Waals surface area contributed by atoms with E-state index >= 15 is 0 Å². The van der Waals surface area contributed by atoms with Gasteiger partial charge in [0.25, 0.3) is 0 Å². The first-order valence-corrected chi connectivity index (χ1v) is 9.90. The molecule has 0 aromatic carbocycles. The molecule has 3 rings (SSSR count). The SMILES string of the molecule is CC(=O)NCc1ccc(N(C)C2CC3(C2)CN(C(=O)OC(C)(C)C)C3)c(C)n1. The molecule has 28 heavy (non-hydrogen) atoms. The Balaban J connectivity index is 1.51. The van der Waals surface area contributed by atoms with E-state index in [1.807, 2.05) is 38.7 Å². The molecule has 2 fully saturated rings. The van der Waals surface area contributed by atoms with Gasteiger partial charge in [0.1, 0.15) is 5.60 Å². The maximum atomic E-state index is 12.1. The second-order valence-electron chi connectivity index (χ2n) is 9.33. The smallest absolute Gasteiger partial charge is 0.410 e. The van der Waals surface area contributed by atoms with Gasteiger partial charge in [-0.05, 0) is 52.7 Å². The van der Waals surface area contributed by atoms with Crippen molar-refractivity contribution in [2.24, 2.45) is 5.41 Å². The molecular weight excluding hydrogens is 356 g/mol. The fraction of sp³-hybridized carbons (Fsp3) is 0.667. The zero-order valence-corrected chi connectivity index (χ0v) is 17.8. The van der Waals surface area contributed by atoms with Crippen LogP contribution in [0.15, 0.2) is 12.1 Å². The van der Waals surface area contributed by atoms with E-state index in [1.165, 1.54) is 6.92 Å². The predicted octanol–water partition coefficient (Wildman–Crippen LogP) is 2.86. The van der Waals surface area contributed by atoms with Gasteiger partial charge in [0, 0.05) is 38.5 Å². The number of nitrogens with one attached hydrogen (secondary N) is 1. The second kappa shape index (κ2) is 7.26. The first kappa shape index (κ1) is 20.4. The Morgan fingerprint density at radius 1 is 1.32 bits per heavy atom. The number of aryl methyl sites for hydroxylation is 1. The number of rotatable bonds is 4. The number of amides is 2. The van der Waals surface area contributed by atoms with Crippen LogP contribution in [-0.2, 0) is 16.1 Å². The van der Waals surface area contributed by atoms with Crippen LogP contribution in [0.1, 0.15) is 51.9 Å². The average molecular weight is 389 g/mol. The van der Waals surface area contributed by atoms with Gasteiger partial charge in [0.05, 0.1) is 23.6 Å². The summed E-state index contributed by atoms with van der Waals surface area (Å²) in [6.07, 6.45) is 1.95. The third-order valence-electron chi connectivity index (χ3n) is 5.60. The molecule has 2 amide bonds. The standard InChI is InChI=1S/C21H32N4O3/c1-14-18(8-7-16(23-14)11-22-15(2)26)24(6)17-9-21(10-17)12-25(13-21)19(27)28-20(3,4)5/h7-8,17H,9-13H2,1-6H3,(H,22,26). The summed E-state index contributed by atoms with van der Waals surface area (Å²) < 4.78 is 5.45. The molecule has 1 aromatic rings. The highest BCUT2D eigenvalue weighted by molar-refractivity contribution is 5.72. The Labute approximate surface area is 167 Å². The van der Waals surface area contributed by atoms with Crippen LogP contribution in [-0.4, -0.2) is 53.7 Å². The monoisotopic (exact) mass is 388 g/mol. The Morgan fingerprint density at radius 3 is 2.50 bits per heavy atom. The van der Waals surface area contributed by atoms with Gasteiger partial charge in [-0.1, -0.05) is 0 Å². The number of aromatic nitrogens is 1. The molecule has 1 aromatic heterocycles. The van der Waals surface area contributed by atoms with E-state index in [0.717, 1.165) is 43.0 Å². The fourth-order valence-corrected chi connectivity index (χ4v) is 4.18. The number of likely N-dealkylation sites (tertiary alicyclic amines) is 1. The van der Waals surface area contributed by atoms with Crippen molar-refractivity contribution in [3.63, 3.8) is 0 Å². The molecule has 1 aliphatic carbocycles. The lowest BCUT2D eigenvalue weighted by molar-refractivity contribution is -0.119. The quantitative estimate of drug-likeness (QED) is 0.858. The lowest BCUT2D eigenvalue weighted by atomic mass is 9.60. The Bertz CT molecular complexity index is 757. The number of anilines is 1. The number of carbonyl (C=O) groups excluding carboxylic acids is 2. The molecule has 1 spiro atoms. The lowest BCUT2D eigenvalue weighted by Gasteiger charge is -2.60.